The fourth-order valence-corrected chi connectivity index (χ4v) is 4.49. The summed E-state index contributed by atoms with van der Waals surface area (Å²) in [6.45, 7) is 5.80. The molecule has 0 spiro atoms. The molecule has 0 atom stereocenters. The first-order valence-electron chi connectivity index (χ1n) is 9.70. The number of methoxy groups -OCH3 is 1. The van der Waals surface area contributed by atoms with Crippen LogP contribution in [-0.4, -0.2) is 34.2 Å². The Labute approximate surface area is 181 Å². The highest BCUT2D eigenvalue weighted by Crippen LogP contribution is 2.25. The minimum atomic E-state index is 0.676. The van der Waals surface area contributed by atoms with Gasteiger partial charge in [0.15, 0.2) is 5.16 Å². The van der Waals surface area contributed by atoms with Gasteiger partial charge in [0.05, 0.1) is 19.5 Å². The third-order valence-electron chi connectivity index (χ3n) is 4.35. The fourth-order valence-electron chi connectivity index (χ4n) is 2.72. The number of rotatable bonds is 11. The Morgan fingerprint density at radius 2 is 1.66 bits per heavy atom. The quantitative estimate of drug-likeness (QED) is 0.298. The summed E-state index contributed by atoms with van der Waals surface area (Å²) >= 11 is 3.53. The van der Waals surface area contributed by atoms with E-state index in [1.807, 2.05) is 24.3 Å². The van der Waals surface area contributed by atoms with Crippen LogP contribution in [0.15, 0.2) is 58.6 Å². The molecular weight excluding hydrogens is 402 g/mol. The van der Waals surface area contributed by atoms with Crippen molar-refractivity contribution in [2.24, 2.45) is 0 Å². The Balaban J connectivity index is 1.43. The van der Waals surface area contributed by atoms with Gasteiger partial charge < -0.3 is 14.0 Å². The van der Waals surface area contributed by atoms with E-state index in [9.17, 15) is 0 Å². The molecule has 29 heavy (non-hydrogen) atoms. The van der Waals surface area contributed by atoms with E-state index >= 15 is 0 Å². The maximum atomic E-state index is 5.79. The van der Waals surface area contributed by atoms with E-state index in [1.54, 1.807) is 30.6 Å². The maximum absolute atomic E-state index is 5.79. The van der Waals surface area contributed by atoms with E-state index in [1.165, 1.54) is 10.5 Å². The highest BCUT2D eigenvalue weighted by molar-refractivity contribution is 7.99. The SMILES string of the molecule is CCn1c(CSc2ccc(C)cc2)nnc1SCCCOc1ccc(OC)cc1. The number of hydrogen-bond donors (Lipinski definition) is 0. The molecule has 3 aromatic rings. The Hall–Kier alpha value is -2.12. The minimum Gasteiger partial charge on any atom is -0.497 e. The minimum absolute atomic E-state index is 0.676. The number of hydrogen-bond acceptors (Lipinski definition) is 6. The predicted molar refractivity (Wildman–Crippen MR) is 120 cm³/mol. The summed E-state index contributed by atoms with van der Waals surface area (Å²) in [4.78, 5) is 1.26. The molecule has 7 heteroatoms. The molecule has 0 fully saturated rings. The van der Waals surface area contributed by atoms with Gasteiger partial charge >= 0.3 is 0 Å². The van der Waals surface area contributed by atoms with Gasteiger partial charge in [-0.15, -0.1) is 22.0 Å². The van der Waals surface area contributed by atoms with Crippen LogP contribution in [0.25, 0.3) is 0 Å². The molecule has 0 saturated heterocycles. The van der Waals surface area contributed by atoms with Crippen molar-refractivity contribution in [3.8, 4) is 11.5 Å². The smallest absolute Gasteiger partial charge is 0.191 e. The standard InChI is InChI=1S/C22H27N3O2S2/c1-4-25-21(16-29-20-12-6-17(2)7-13-20)23-24-22(25)28-15-5-14-27-19-10-8-18(26-3)9-11-19/h6-13H,4-5,14-16H2,1-3H3. The molecule has 1 aromatic heterocycles. The van der Waals surface area contributed by atoms with Crippen molar-refractivity contribution in [1.82, 2.24) is 14.8 Å². The number of benzene rings is 2. The van der Waals surface area contributed by atoms with E-state index in [0.29, 0.717) is 6.61 Å². The molecule has 0 aliphatic rings. The van der Waals surface area contributed by atoms with Gasteiger partial charge in [0.2, 0.25) is 0 Å². The summed E-state index contributed by atoms with van der Waals surface area (Å²) in [5.41, 5.74) is 1.28. The first-order valence-corrected chi connectivity index (χ1v) is 11.7. The van der Waals surface area contributed by atoms with Crippen LogP contribution >= 0.6 is 23.5 Å². The van der Waals surface area contributed by atoms with E-state index in [2.05, 4.69) is 52.9 Å². The molecule has 0 radical (unpaired) electrons. The summed E-state index contributed by atoms with van der Waals surface area (Å²) in [5, 5.41) is 9.79. The monoisotopic (exact) mass is 429 g/mol. The van der Waals surface area contributed by atoms with Gasteiger partial charge in [0.25, 0.3) is 0 Å². The first kappa shape index (κ1) is 21.6. The summed E-state index contributed by atoms with van der Waals surface area (Å²) < 4.78 is 13.1. The molecule has 5 nitrogen and oxygen atoms in total. The molecule has 0 aliphatic heterocycles. The Morgan fingerprint density at radius 3 is 2.34 bits per heavy atom. The Bertz CT molecular complexity index is 880. The number of nitrogens with zero attached hydrogens (tertiary/aromatic N) is 3. The molecule has 1 heterocycles. The van der Waals surface area contributed by atoms with Crippen LogP contribution in [0.4, 0.5) is 0 Å². The number of ether oxygens (including phenoxy) is 2. The first-order chi connectivity index (χ1) is 14.2. The van der Waals surface area contributed by atoms with Gasteiger partial charge in [-0.1, -0.05) is 29.5 Å². The molecule has 2 aromatic carbocycles. The van der Waals surface area contributed by atoms with Crippen LogP contribution in [0.2, 0.25) is 0 Å². The maximum Gasteiger partial charge on any atom is 0.191 e. The number of aryl methyl sites for hydroxylation is 1. The topological polar surface area (TPSA) is 49.2 Å². The van der Waals surface area contributed by atoms with Crippen molar-refractivity contribution in [2.75, 3.05) is 19.5 Å². The van der Waals surface area contributed by atoms with Gasteiger partial charge in [-0.2, -0.15) is 0 Å². The van der Waals surface area contributed by atoms with Crippen molar-refractivity contribution >= 4 is 23.5 Å². The van der Waals surface area contributed by atoms with Crippen molar-refractivity contribution < 1.29 is 9.47 Å². The zero-order chi connectivity index (χ0) is 20.5. The van der Waals surface area contributed by atoms with Gasteiger partial charge in [-0.05, 0) is 56.7 Å². The summed E-state index contributed by atoms with van der Waals surface area (Å²) in [6.07, 6.45) is 0.945. The number of thioether (sulfide) groups is 2. The van der Waals surface area contributed by atoms with Crippen molar-refractivity contribution in [2.45, 2.75) is 42.6 Å². The highest BCUT2D eigenvalue weighted by Gasteiger charge is 2.11. The van der Waals surface area contributed by atoms with Crippen LogP contribution in [-0.2, 0) is 12.3 Å². The number of aromatic nitrogens is 3. The van der Waals surface area contributed by atoms with Gasteiger partial charge in [-0.25, -0.2) is 0 Å². The Morgan fingerprint density at radius 1 is 0.931 bits per heavy atom. The van der Waals surface area contributed by atoms with Gasteiger partial charge in [0, 0.05) is 17.2 Å². The van der Waals surface area contributed by atoms with E-state index in [-0.39, 0.29) is 0 Å². The van der Waals surface area contributed by atoms with E-state index in [4.69, 9.17) is 9.47 Å². The second-order valence-electron chi connectivity index (χ2n) is 6.47. The average molecular weight is 430 g/mol. The van der Waals surface area contributed by atoms with Gasteiger partial charge in [0.1, 0.15) is 17.3 Å². The lowest BCUT2D eigenvalue weighted by atomic mass is 10.2. The summed E-state index contributed by atoms with van der Waals surface area (Å²) in [7, 11) is 1.66. The lowest BCUT2D eigenvalue weighted by molar-refractivity contribution is 0.318. The van der Waals surface area contributed by atoms with Crippen LogP contribution in [0.5, 0.6) is 11.5 Å². The largest absolute Gasteiger partial charge is 0.497 e. The normalized spacial score (nSPS) is 10.9. The van der Waals surface area contributed by atoms with Crippen molar-refractivity contribution in [3.63, 3.8) is 0 Å². The molecule has 0 aliphatic carbocycles. The fraction of sp³-hybridized carbons (Fsp3) is 0.364. The third kappa shape index (κ3) is 6.44. The molecule has 0 bridgehead atoms. The van der Waals surface area contributed by atoms with Crippen LogP contribution in [0.3, 0.4) is 0 Å². The van der Waals surface area contributed by atoms with E-state index < -0.39 is 0 Å². The van der Waals surface area contributed by atoms with Crippen molar-refractivity contribution in [1.29, 1.82) is 0 Å². The van der Waals surface area contributed by atoms with Gasteiger partial charge in [-0.3, -0.25) is 0 Å². The highest BCUT2D eigenvalue weighted by atomic mass is 32.2. The molecule has 0 saturated carbocycles. The molecule has 154 valence electrons. The second-order valence-corrected chi connectivity index (χ2v) is 8.58. The zero-order valence-corrected chi connectivity index (χ0v) is 18.8. The molecule has 0 N–H and O–H groups in total. The summed E-state index contributed by atoms with van der Waals surface area (Å²) in [6, 6.07) is 16.3. The average Bonchev–Trinajstić information content (AvgIpc) is 3.15. The second kappa shape index (κ2) is 11.2. The third-order valence-corrected chi connectivity index (χ3v) is 6.41. The van der Waals surface area contributed by atoms with Crippen LogP contribution in [0, 0.1) is 6.92 Å². The zero-order valence-electron chi connectivity index (χ0n) is 17.1. The molecule has 3 rings (SSSR count). The predicted octanol–water partition coefficient (Wildman–Crippen LogP) is 5.47. The molecule has 0 amide bonds. The lowest BCUT2D eigenvalue weighted by Crippen LogP contribution is -2.03. The molecular formula is C22H27N3O2S2. The van der Waals surface area contributed by atoms with E-state index in [0.717, 1.165) is 47.0 Å². The lowest BCUT2D eigenvalue weighted by Gasteiger charge is -2.08. The van der Waals surface area contributed by atoms with Crippen LogP contribution in [0.1, 0.15) is 24.7 Å². The molecule has 0 unspecified atom stereocenters. The Kier molecular flexibility index (Phi) is 8.31. The van der Waals surface area contributed by atoms with Crippen LogP contribution < -0.4 is 9.47 Å². The van der Waals surface area contributed by atoms with Crippen molar-refractivity contribution in [3.05, 3.63) is 59.9 Å². The summed E-state index contributed by atoms with van der Waals surface area (Å²) in [5.74, 6) is 4.49.